The van der Waals surface area contributed by atoms with Crippen LogP contribution >= 0.6 is 0 Å². The monoisotopic (exact) mass is 613 g/mol. The van der Waals surface area contributed by atoms with Gasteiger partial charge in [0, 0.05) is 18.8 Å². The number of nitrogens with one attached hydrogen (secondary N) is 1. The summed E-state index contributed by atoms with van der Waals surface area (Å²) in [5.41, 5.74) is 3.59. The van der Waals surface area contributed by atoms with Gasteiger partial charge < -0.3 is 19.9 Å². The molecule has 5 rings (SSSR count). The Labute approximate surface area is 265 Å². The van der Waals surface area contributed by atoms with Gasteiger partial charge in [-0.15, -0.1) is 0 Å². The first kappa shape index (κ1) is 32.4. The Morgan fingerprint density at radius 3 is 2.42 bits per heavy atom. The summed E-state index contributed by atoms with van der Waals surface area (Å²) in [6.45, 7) is 13.4. The summed E-state index contributed by atoms with van der Waals surface area (Å²) < 4.78 is 20.5. The lowest BCUT2D eigenvalue weighted by molar-refractivity contribution is -0.156. The van der Waals surface area contributed by atoms with E-state index in [2.05, 4.69) is 26.1 Å². The van der Waals surface area contributed by atoms with Crippen molar-refractivity contribution < 1.29 is 23.5 Å². The normalized spacial score (nSPS) is 20.2. The first-order valence-electron chi connectivity index (χ1n) is 15.7. The highest BCUT2D eigenvalue weighted by molar-refractivity contribution is 5.98. The molecule has 3 aromatic carbocycles. The zero-order valence-corrected chi connectivity index (χ0v) is 27.2. The molecule has 3 amide bonds. The Hall–Kier alpha value is -4.04. The molecular weight excluding hydrogens is 569 g/mol. The average molecular weight is 614 g/mol. The van der Waals surface area contributed by atoms with Crippen LogP contribution in [0.3, 0.4) is 0 Å². The fourth-order valence-electron chi connectivity index (χ4n) is 6.44. The number of nitrogens with zero attached hydrogens (tertiary/aromatic N) is 2. The average Bonchev–Trinajstić information content (AvgIpc) is 2.98. The number of carbonyl (C=O) groups is 3. The summed E-state index contributed by atoms with van der Waals surface area (Å²) in [6, 6.07) is 19.6. The molecule has 238 valence electrons. The second-order valence-electron chi connectivity index (χ2n) is 14.0. The molecule has 2 atom stereocenters. The number of morpholine rings is 1. The molecule has 0 saturated carbocycles. The van der Waals surface area contributed by atoms with Crippen LogP contribution < -0.4 is 5.32 Å². The molecule has 0 bridgehead atoms. The van der Waals surface area contributed by atoms with E-state index in [1.165, 1.54) is 6.07 Å². The number of aryl methyl sites for hydroxylation is 1. The summed E-state index contributed by atoms with van der Waals surface area (Å²) in [7, 11) is 0. The van der Waals surface area contributed by atoms with Crippen LogP contribution in [0.2, 0.25) is 0 Å². The lowest BCUT2D eigenvalue weighted by Crippen LogP contribution is -2.55. The van der Waals surface area contributed by atoms with Crippen molar-refractivity contribution in [3.05, 3.63) is 100 Å². The lowest BCUT2D eigenvalue weighted by atomic mass is 9.82. The van der Waals surface area contributed by atoms with E-state index in [-0.39, 0.29) is 29.4 Å². The van der Waals surface area contributed by atoms with Gasteiger partial charge in [0.05, 0.1) is 29.7 Å². The molecule has 7 nitrogen and oxygen atoms in total. The van der Waals surface area contributed by atoms with E-state index in [4.69, 9.17) is 4.74 Å². The Morgan fingerprint density at radius 2 is 1.76 bits per heavy atom. The third-order valence-electron chi connectivity index (χ3n) is 9.04. The molecule has 0 radical (unpaired) electrons. The largest absolute Gasteiger partial charge is 0.369 e. The topological polar surface area (TPSA) is 79.0 Å². The molecule has 0 unspecified atom stereocenters. The Morgan fingerprint density at radius 1 is 1.04 bits per heavy atom. The van der Waals surface area contributed by atoms with Crippen LogP contribution in [0.5, 0.6) is 0 Å². The van der Waals surface area contributed by atoms with Crippen LogP contribution in [0.25, 0.3) is 0 Å². The third-order valence-corrected chi connectivity index (χ3v) is 9.04. The lowest BCUT2D eigenvalue weighted by Gasteiger charge is -2.42. The van der Waals surface area contributed by atoms with Crippen molar-refractivity contribution in [3.63, 3.8) is 0 Å². The van der Waals surface area contributed by atoms with Crippen molar-refractivity contribution in [2.24, 2.45) is 5.92 Å². The number of rotatable bonds is 6. The van der Waals surface area contributed by atoms with E-state index in [0.717, 1.165) is 16.7 Å². The van der Waals surface area contributed by atoms with Gasteiger partial charge in [0.25, 0.3) is 5.91 Å². The zero-order valence-electron chi connectivity index (χ0n) is 27.2. The summed E-state index contributed by atoms with van der Waals surface area (Å²) in [6.07, 6.45) is 1.19. The van der Waals surface area contributed by atoms with Gasteiger partial charge in [0.15, 0.2) is 0 Å². The second-order valence-corrected chi connectivity index (χ2v) is 14.0. The molecule has 3 aromatic rings. The van der Waals surface area contributed by atoms with E-state index in [1.54, 1.807) is 24.0 Å². The number of hydrogen-bond acceptors (Lipinski definition) is 4. The van der Waals surface area contributed by atoms with E-state index in [0.29, 0.717) is 43.8 Å². The van der Waals surface area contributed by atoms with E-state index in [9.17, 15) is 14.4 Å². The number of anilines is 1. The van der Waals surface area contributed by atoms with Crippen LogP contribution in [0.15, 0.2) is 66.7 Å². The molecule has 2 saturated heterocycles. The Balaban J connectivity index is 1.48. The van der Waals surface area contributed by atoms with Gasteiger partial charge in [0.2, 0.25) is 11.8 Å². The Kier molecular flexibility index (Phi) is 9.17. The molecule has 2 fully saturated rings. The van der Waals surface area contributed by atoms with Gasteiger partial charge in [-0.3, -0.25) is 14.4 Å². The van der Waals surface area contributed by atoms with Crippen molar-refractivity contribution in [1.29, 1.82) is 0 Å². The number of carbonyl (C=O) groups excluding carboxylic acids is 3. The maximum atomic E-state index is 15.1. The molecule has 2 aliphatic heterocycles. The number of piperidine rings is 1. The smallest absolute Gasteiger partial charge is 0.257 e. The molecule has 2 aliphatic rings. The quantitative estimate of drug-likeness (QED) is 0.332. The highest BCUT2D eigenvalue weighted by Gasteiger charge is 2.41. The number of benzene rings is 3. The molecule has 45 heavy (non-hydrogen) atoms. The summed E-state index contributed by atoms with van der Waals surface area (Å²) in [4.78, 5) is 44.2. The van der Waals surface area contributed by atoms with Crippen molar-refractivity contribution >= 4 is 23.4 Å². The van der Waals surface area contributed by atoms with Crippen molar-refractivity contribution in [1.82, 2.24) is 9.80 Å². The van der Waals surface area contributed by atoms with Gasteiger partial charge in [-0.1, -0.05) is 69.3 Å². The minimum Gasteiger partial charge on any atom is -0.369 e. The summed E-state index contributed by atoms with van der Waals surface area (Å²) >= 11 is 0. The fourth-order valence-corrected chi connectivity index (χ4v) is 6.44. The zero-order chi connectivity index (χ0) is 32.5. The molecular formula is C37H44FN3O4. The van der Waals surface area contributed by atoms with Crippen molar-refractivity contribution in [2.45, 2.75) is 77.9 Å². The summed E-state index contributed by atoms with van der Waals surface area (Å²) in [5.74, 6) is -1.80. The molecule has 0 aliphatic carbocycles. The first-order chi connectivity index (χ1) is 21.3. The van der Waals surface area contributed by atoms with Gasteiger partial charge in [0.1, 0.15) is 12.4 Å². The van der Waals surface area contributed by atoms with Crippen LogP contribution in [-0.2, 0) is 26.3 Å². The summed E-state index contributed by atoms with van der Waals surface area (Å²) in [5, 5.41) is 3.12. The number of ether oxygens (including phenoxy) is 1. The SMILES string of the molecule is Cc1cccc(F)c1C(=O)N1CCC[C@H](C(=O)Nc2cccc(C(C)(C)C)c2)[C@@H]1c1ccc(CN2C(=O)COCC2(C)C)cc1. The predicted octanol–water partition coefficient (Wildman–Crippen LogP) is 6.80. The molecule has 1 N–H and O–H groups in total. The number of halogens is 1. The standard InChI is InChI=1S/C37H44FN3O4/c1-24-10-7-14-30(38)32(24)35(44)40-19-9-13-29(34(43)39-28-12-8-11-27(20-28)36(2,3)4)33(40)26-17-15-25(16-18-26)21-41-31(42)22-45-23-37(41,5)6/h7-8,10-12,14-18,20,29,33H,9,13,19,21-23H2,1-6H3,(H,39,43)/t29-,33-/m0/s1. The molecule has 0 aromatic heterocycles. The maximum absolute atomic E-state index is 15.1. The number of amides is 3. The molecule has 0 spiro atoms. The first-order valence-corrected chi connectivity index (χ1v) is 15.7. The highest BCUT2D eigenvalue weighted by atomic mass is 19.1. The van der Waals surface area contributed by atoms with E-state index in [1.807, 2.05) is 67.3 Å². The minimum atomic E-state index is -0.605. The van der Waals surface area contributed by atoms with Crippen LogP contribution in [0, 0.1) is 18.7 Å². The van der Waals surface area contributed by atoms with Crippen molar-refractivity contribution in [2.75, 3.05) is 25.1 Å². The number of likely N-dealkylation sites (tertiary alicyclic amines) is 1. The fraction of sp³-hybridized carbons (Fsp3) is 0.432. The molecule has 2 heterocycles. The molecule has 8 heteroatoms. The van der Waals surface area contributed by atoms with E-state index < -0.39 is 29.2 Å². The predicted molar refractivity (Wildman–Crippen MR) is 173 cm³/mol. The van der Waals surface area contributed by atoms with Gasteiger partial charge in [-0.25, -0.2) is 4.39 Å². The van der Waals surface area contributed by atoms with Crippen LogP contribution in [0.4, 0.5) is 10.1 Å². The van der Waals surface area contributed by atoms with Crippen LogP contribution in [0.1, 0.15) is 86.1 Å². The maximum Gasteiger partial charge on any atom is 0.257 e. The minimum absolute atomic E-state index is 0.0334. The van der Waals surface area contributed by atoms with Gasteiger partial charge in [-0.2, -0.15) is 0 Å². The van der Waals surface area contributed by atoms with Crippen LogP contribution in [-0.4, -0.2) is 52.8 Å². The van der Waals surface area contributed by atoms with Gasteiger partial charge >= 0.3 is 0 Å². The third kappa shape index (κ3) is 6.96. The highest BCUT2D eigenvalue weighted by Crippen LogP contribution is 2.39. The second kappa shape index (κ2) is 12.8. The van der Waals surface area contributed by atoms with Gasteiger partial charge in [-0.05, 0) is 79.5 Å². The Bertz CT molecular complexity index is 1560. The van der Waals surface area contributed by atoms with Crippen molar-refractivity contribution in [3.8, 4) is 0 Å². The van der Waals surface area contributed by atoms with E-state index >= 15 is 4.39 Å². The number of hydrogen-bond donors (Lipinski definition) is 1.